The molecule has 0 saturated heterocycles. The van der Waals surface area contributed by atoms with Crippen LogP contribution < -0.4 is 5.32 Å². The van der Waals surface area contributed by atoms with Gasteiger partial charge in [-0.25, -0.2) is 18.2 Å². The Morgan fingerprint density at radius 2 is 1.67 bits per heavy atom. The molecular formula is C30H25Cl2F3N4. The molecule has 0 aliphatic carbocycles. The maximum Gasteiger partial charge on any atom is 0.270 e. The van der Waals surface area contributed by atoms with E-state index in [1.54, 1.807) is 18.2 Å². The second kappa shape index (κ2) is 10.6. The number of alkyl halides is 2. The summed E-state index contributed by atoms with van der Waals surface area (Å²) in [5.41, 5.74) is 2.48. The third kappa shape index (κ3) is 5.81. The first-order chi connectivity index (χ1) is 18.5. The van der Waals surface area contributed by atoms with Crippen molar-refractivity contribution in [2.24, 2.45) is 0 Å². The molecule has 9 heteroatoms. The Morgan fingerprint density at radius 1 is 0.923 bits per heavy atom. The number of benzene rings is 3. The summed E-state index contributed by atoms with van der Waals surface area (Å²) in [6.07, 6.45) is 1.77. The van der Waals surface area contributed by atoms with E-state index >= 15 is 0 Å². The number of rotatable bonds is 8. The number of halogens is 5. The monoisotopic (exact) mass is 568 g/mol. The van der Waals surface area contributed by atoms with Gasteiger partial charge in [0, 0.05) is 30.1 Å². The number of hydrogen-bond donors (Lipinski definition) is 2. The van der Waals surface area contributed by atoms with Crippen molar-refractivity contribution < 1.29 is 13.2 Å². The van der Waals surface area contributed by atoms with Gasteiger partial charge in [-0.05, 0) is 66.1 Å². The van der Waals surface area contributed by atoms with Gasteiger partial charge < -0.3 is 4.98 Å². The van der Waals surface area contributed by atoms with Gasteiger partial charge in [0.1, 0.15) is 11.6 Å². The number of fused-ring (bicyclic) bond motifs is 1. The summed E-state index contributed by atoms with van der Waals surface area (Å²) in [6.45, 7) is 2.86. The molecule has 3 aromatic carbocycles. The van der Waals surface area contributed by atoms with Crippen molar-refractivity contribution in [2.45, 2.75) is 38.3 Å². The van der Waals surface area contributed by atoms with E-state index in [0.717, 1.165) is 35.2 Å². The molecule has 0 bridgehead atoms. The first kappa shape index (κ1) is 27.2. The van der Waals surface area contributed by atoms with Crippen LogP contribution in [-0.2, 0) is 24.4 Å². The summed E-state index contributed by atoms with van der Waals surface area (Å²) in [5, 5.41) is 4.50. The lowest BCUT2D eigenvalue weighted by Gasteiger charge is -2.36. The molecule has 2 N–H and O–H groups in total. The normalized spacial score (nSPS) is 13.5. The van der Waals surface area contributed by atoms with Gasteiger partial charge >= 0.3 is 0 Å². The lowest BCUT2D eigenvalue weighted by molar-refractivity contribution is 0.0169. The lowest BCUT2D eigenvalue weighted by Crippen LogP contribution is -2.46. The SMILES string of the molecule is Cc1cc(Cl)cc2[nH]c(CN[C@](Cc3ccccc3)(c3cc(F)cc(C(C)(F)F)c3)c3ccc(Cl)cn3)nc12. The molecule has 39 heavy (non-hydrogen) atoms. The number of H-pyrrole nitrogens is 1. The molecule has 0 unspecified atom stereocenters. The van der Waals surface area contributed by atoms with Gasteiger partial charge in [-0.1, -0.05) is 53.5 Å². The van der Waals surface area contributed by atoms with Gasteiger partial charge in [0.2, 0.25) is 0 Å². The lowest BCUT2D eigenvalue weighted by atomic mass is 9.79. The maximum atomic E-state index is 15.0. The van der Waals surface area contributed by atoms with Crippen LogP contribution in [0.1, 0.15) is 40.7 Å². The van der Waals surface area contributed by atoms with Crippen molar-refractivity contribution in [1.82, 2.24) is 20.3 Å². The van der Waals surface area contributed by atoms with E-state index in [0.29, 0.717) is 27.1 Å². The minimum Gasteiger partial charge on any atom is -0.341 e. The Balaban J connectivity index is 1.69. The van der Waals surface area contributed by atoms with Crippen molar-refractivity contribution in [3.05, 3.63) is 129 Å². The molecular weight excluding hydrogens is 544 g/mol. The van der Waals surface area contributed by atoms with E-state index in [-0.39, 0.29) is 13.0 Å². The molecule has 0 aliphatic heterocycles. The van der Waals surface area contributed by atoms with E-state index < -0.39 is 22.8 Å². The zero-order chi connectivity index (χ0) is 27.8. The first-order valence-electron chi connectivity index (χ1n) is 12.3. The number of nitrogens with zero attached hydrogens (tertiary/aromatic N) is 2. The Bertz CT molecular complexity index is 1620. The summed E-state index contributed by atoms with van der Waals surface area (Å²) >= 11 is 12.4. The smallest absolute Gasteiger partial charge is 0.270 e. The predicted molar refractivity (Wildman–Crippen MR) is 149 cm³/mol. The fourth-order valence-corrected chi connectivity index (χ4v) is 5.22. The van der Waals surface area contributed by atoms with Gasteiger partial charge in [-0.2, -0.15) is 0 Å². The van der Waals surface area contributed by atoms with E-state index in [4.69, 9.17) is 28.2 Å². The van der Waals surface area contributed by atoms with Gasteiger partial charge in [0.15, 0.2) is 0 Å². The molecule has 0 fully saturated rings. The topological polar surface area (TPSA) is 53.6 Å². The molecule has 1 atom stereocenters. The van der Waals surface area contributed by atoms with Crippen molar-refractivity contribution in [1.29, 1.82) is 0 Å². The highest BCUT2D eigenvalue weighted by atomic mass is 35.5. The molecule has 0 spiro atoms. The Labute approximate surface area is 234 Å². The molecule has 0 amide bonds. The predicted octanol–water partition coefficient (Wildman–Crippen LogP) is 8.10. The fraction of sp³-hybridized carbons (Fsp3) is 0.200. The summed E-state index contributed by atoms with van der Waals surface area (Å²) in [4.78, 5) is 12.6. The van der Waals surface area contributed by atoms with Crippen LogP contribution in [0.3, 0.4) is 0 Å². The maximum absolute atomic E-state index is 15.0. The van der Waals surface area contributed by atoms with Crippen LogP contribution in [0.2, 0.25) is 10.0 Å². The molecule has 200 valence electrons. The third-order valence-corrected chi connectivity index (χ3v) is 7.16. The number of aryl methyl sites for hydroxylation is 1. The number of nitrogens with one attached hydrogen (secondary N) is 2. The van der Waals surface area contributed by atoms with Gasteiger partial charge in [0.25, 0.3) is 5.92 Å². The highest BCUT2D eigenvalue weighted by Gasteiger charge is 2.38. The second-order valence-electron chi connectivity index (χ2n) is 9.70. The van der Waals surface area contributed by atoms with E-state index in [9.17, 15) is 13.2 Å². The van der Waals surface area contributed by atoms with Crippen LogP contribution in [0.4, 0.5) is 13.2 Å². The molecule has 5 rings (SSSR count). The van der Waals surface area contributed by atoms with Crippen LogP contribution in [0, 0.1) is 12.7 Å². The number of imidazole rings is 1. The summed E-state index contributed by atoms with van der Waals surface area (Å²) in [5.74, 6) is -3.43. The third-order valence-electron chi connectivity index (χ3n) is 6.72. The van der Waals surface area contributed by atoms with Crippen molar-refractivity contribution in [3.63, 3.8) is 0 Å². The molecule has 0 aliphatic rings. The number of hydrogen-bond acceptors (Lipinski definition) is 3. The average molecular weight is 569 g/mol. The number of aromatic amines is 1. The van der Waals surface area contributed by atoms with Crippen molar-refractivity contribution >= 4 is 34.2 Å². The molecule has 5 aromatic rings. The van der Waals surface area contributed by atoms with Crippen LogP contribution in [0.15, 0.2) is 79.0 Å². The zero-order valence-electron chi connectivity index (χ0n) is 21.2. The molecule has 2 aromatic heterocycles. The van der Waals surface area contributed by atoms with Gasteiger partial charge in [-0.15, -0.1) is 0 Å². The first-order valence-corrected chi connectivity index (χ1v) is 13.0. The summed E-state index contributed by atoms with van der Waals surface area (Å²) in [6, 6.07) is 20.0. The summed E-state index contributed by atoms with van der Waals surface area (Å²) in [7, 11) is 0. The number of aromatic nitrogens is 3. The minimum absolute atomic E-state index is 0.192. The zero-order valence-corrected chi connectivity index (χ0v) is 22.7. The minimum atomic E-state index is -3.25. The molecule has 4 nitrogen and oxygen atoms in total. The molecule has 2 heterocycles. The highest BCUT2D eigenvalue weighted by molar-refractivity contribution is 6.31. The van der Waals surface area contributed by atoms with Crippen molar-refractivity contribution in [3.8, 4) is 0 Å². The molecule has 0 saturated carbocycles. The van der Waals surface area contributed by atoms with Gasteiger partial charge in [-0.3, -0.25) is 10.3 Å². The van der Waals surface area contributed by atoms with Gasteiger partial charge in [0.05, 0.1) is 33.8 Å². The second-order valence-corrected chi connectivity index (χ2v) is 10.6. The fourth-order valence-electron chi connectivity index (χ4n) is 4.83. The standard InChI is InChI=1S/C30H25Cl2F3N4/c1-18-10-23(32)14-25-28(18)39-27(38-25)17-37-30(15-19-6-4-3-5-7-19,26-9-8-22(31)16-36-26)21-11-20(29(2,34)35)12-24(33)13-21/h3-14,16,37H,15,17H2,1-2H3,(H,38,39)/t30-/m1/s1. The molecule has 0 radical (unpaired) electrons. The Hall–Kier alpha value is -3.39. The van der Waals surface area contributed by atoms with Crippen LogP contribution in [0.25, 0.3) is 11.0 Å². The average Bonchev–Trinajstić information content (AvgIpc) is 3.30. The van der Waals surface area contributed by atoms with Crippen LogP contribution >= 0.6 is 23.2 Å². The van der Waals surface area contributed by atoms with Crippen LogP contribution in [0.5, 0.6) is 0 Å². The summed E-state index contributed by atoms with van der Waals surface area (Å²) < 4.78 is 43.9. The Kier molecular flexibility index (Phi) is 7.42. The quantitative estimate of drug-likeness (QED) is 0.199. The van der Waals surface area contributed by atoms with E-state index in [1.165, 1.54) is 18.3 Å². The van der Waals surface area contributed by atoms with E-state index in [1.807, 2.05) is 43.3 Å². The van der Waals surface area contributed by atoms with Crippen LogP contribution in [-0.4, -0.2) is 15.0 Å². The van der Waals surface area contributed by atoms with E-state index in [2.05, 4.69) is 15.3 Å². The highest BCUT2D eigenvalue weighted by Crippen LogP contribution is 2.37. The van der Waals surface area contributed by atoms with Crippen molar-refractivity contribution in [2.75, 3.05) is 0 Å². The largest absolute Gasteiger partial charge is 0.341 e. The number of pyridine rings is 1. The Morgan fingerprint density at radius 3 is 2.36 bits per heavy atom.